The van der Waals surface area contributed by atoms with E-state index in [1.165, 1.54) is 0 Å². The maximum absolute atomic E-state index is 12.8. The number of hydroxylamine groups is 1. The summed E-state index contributed by atoms with van der Waals surface area (Å²) >= 11 is 0. The summed E-state index contributed by atoms with van der Waals surface area (Å²) in [5.74, 6) is 0.759. The summed E-state index contributed by atoms with van der Waals surface area (Å²) in [7, 11) is -3.75. The molecule has 2 aliphatic heterocycles. The molecule has 2 aliphatic rings. The van der Waals surface area contributed by atoms with E-state index in [2.05, 4.69) is 11.5 Å². The van der Waals surface area contributed by atoms with Crippen molar-refractivity contribution in [3.63, 3.8) is 0 Å². The molecule has 2 aromatic carbocycles. The van der Waals surface area contributed by atoms with Crippen LogP contribution in [-0.4, -0.2) is 33.6 Å². The summed E-state index contributed by atoms with van der Waals surface area (Å²) in [6, 6.07) is 16.1. The van der Waals surface area contributed by atoms with Crippen molar-refractivity contribution in [2.75, 3.05) is 19.8 Å². The summed E-state index contributed by atoms with van der Waals surface area (Å²) in [4.78, 5) is 0. The minimum absolute atomic E-state index is 0.281. The smallest absolute Gasteiger partial charge is 0.338 e. The number of fused-ring (bicyclic) bond motifs is 2. The molecule has 0 radical (unpaired) electrons. The Morgan fingerprint density at radius 1 is 1.19 bits per heavy atom. The summed E-state index contributed by atoms with van der Waals surface area (Å²) in [6.45, 7) is 3.28. The Kier molecular flexibility index (Phi) is 4.48. The highest BCUT2D eigenvalue weighted by Gasteiger charge is 2.56. The number of hydrogen-bond acceptors (Lipinski definition) is 5. The Hall–Kier alpha value is -1.93. The molecule has 0 aliphatic carbocycles. The van der Waals surface area contributed by atoms with Gasteiger partial charge in [0.1, 0.15) is 0 Å². The van der Waals surface area contributed by atoms with E-state index in [9.17, 15) is 8.42 Å². The number of rotatable bonds is 5. The van der Waals surface area contributed by atoms with Gasteiger partial charge < -0.3 is 4.74 Å². The zero-order valence-electron chi connectivity index (χ0n) is 14.7. The molecule has 0 aromatic heterocycles. The number of hydrogen-bond donors (Lipinski definition) is 1. The van der Waals surface area contributed by atoms with E-state index in [0.29, 0.717) is 19.7 Å². The highest BCUT2D eigenvalue weighted by atomic mass is 32.2. The summed E-state index contributed by atoms with van der Waals surface area (Å²) in [5.41, 5.74) is 5.58. The monoisotopic (exact) mass is 375 g/mol. The lowest BCUT2D eigenvalue weighted by Crippen LogP contribution is -2.56. The predicted octanol–water partition coefficient (Wildman–Crippen LogP) is 3.00. The second kappa shape index (κ2) is 6.66. The first-order valence-corrected chi connectivity index (χ1v) is 10.4. The molecule has 1 fully saturated rings. The lowest BCUT2D eigenvalue weighted by Gasteiger charge is -2.32. The van der Waals surface area contributed by atoms with Crippen molar-refractivity contribution in [2.24, 2.45) is 0 Å². The molecule has 1 saturated heterocycles. The molecule has 26 heavy (non-hydrogen) atoms. The van der Waals surface area contributed by atoms with E-state index in [1.54, 1.807) is 6.92 Å². The van der Waals surface area contributed by atoms with E-state index in [0.717, 1.165) is 35.5 Å². The second-order valence-corrected chi connectivity index (χ2v) is 8.45. The predicted molar refractivity (Wildman–Crippen MR) is 101 cm³/mol. The lowest BCUT2D eigenvalue weighted by atomic mass is 10.0. The fourth-order valence-corrected chi connectivity index (χ4v) is 5.62. The molecular formula is C19H23N2O4S+. The van der Waals surface area contributed by atoms with Crippen LogP contribution in [0.3, 0.4) is 0 Å². The normalized spacial score (nSPS) is 24.6. The molecule has 138 valence electrons. The molecule has 1 spiro atoms. The van der Waals surface area contributed by atoms with Gasteiger partial charge in [0.05, 0.1) is 6.54 Å². The maximum atomic E-state index is 12.8. The zero-order valence-corrected chi connectivity index (χ0v) is 15.5. The van der Waals surface area contributed by atoms with Crippen molar-refractivity contribution in [1.82, 2.24) is 9.96 Å². The van der Waals surface area contributed by atoms with Crippen LogP contribution in [0.5, 0.6) is 5.75 Å². The van der Waals surface area contributed by atoms with Crippen molar-refractivity contribution in [3.8, 4) is 16.9 Å². The first-order valence-electron chi connectivity index (χ1n) is 8.91. The van der Waals surface area contributed by atoms with Crippen LogP contribution in [0.4, 0.5) is 5.69 Å². The van der Waals surface area contributed by atoms with Gasteiger partial charge in [-0.1, -0.05) is 43.3 Å². The molecule has 1 N–H and O–H groups in total. The van der Waals surface area contributed by atoms with Crippen LogP contribution in [0.1, 0.15) is 19.8 Å². The van der Waals surface area contributed by atoms with Crippen LogP contribution in [-0.2, 0) is 14.4 Å². The first kappa shape index (κ1) is 17.5. The van der Waals surface area contributed by atoms with Gasteiger partial charge in [-0.3, -0.25) is 0 Å². The number of ether oxygens (including phenoxy) is 1. The van der Waals surface area contributed by atoms with Crippen molar-refractivity contribution in [3.05, 3.63) is 48.5 Å². The SMILES string of the molecule is CCNOS(=O)(=O)C1CCC[N+]12COc1ccc(-c3ccccc3)cc12. The van der Waals surface area contributed by atoms with Crippen molar-refractivity contribution in [2.45, 2.75) is 25.1 Å². The third-order valence-corrected chi connectivity index (χ3v) is 6.86. The van der Waals surface area contributed by atoms with Gasteiger partial charge in [0.15, 0.2) is 11.4 Å². The molecule has 0 bridgehead atoms. The Morgan fingerprint density at radius 3 is 2.77 bits per heavy atom. The summed E-state index contributed by atoms with van der Waals surface area (Å²) < 4.78 is 36.7. The van der Waals surface area contributed by atoms with Crippen LogP contribution < -0.4 is 14.7 Å². The molecule has 2 atom stereocenters. The van der Waals surface area contributed by atoms with Crippen LogP contribution in [0.2, 0.25) is 0 Å². The van der Waals surface area contributed by atoms with Gasteiger partial charge in [0.2, 0.25) is 12.1 Å². The third-order valence-electron chi connectivity index (χ3n) is 5.21. The molecule has 7 heteroatoms. The summed E-state index contributed by atoms with van der Waals surface area (Å²) in [5, 5.41) is -0.658. The Bertz CT molecular complexity index is 901. The molecule has 0 saturated carbocycles. The molecule has 4 rings (SSSR count). The van der Waals surface area contributed by atoms with Gasteiger partial charge in [-0.2, -0.15) is 18.2 Å². The first-order chi connectivity index (χ1) is 12.6. The van der Waals surface area contributed by atoms with Gasteiger partial charge in [-0.15, -0.1) is 0 Å². The maximum Gasteiger partial charge on any atom is 0.338 e. The van der Waals surface area contributed by atoms with Gasteiger partial charge in [-0.25, -0.2) is 4.48 Å². The van der Waals surface area contributed by atoms with E-state index in [-0.39, 0.29) is 4.48 Å². The van der Waals surface area contributed by atoms with Crippen LogP contribution in [0.15, 0.2) is 48.5 Å². The second-order valence-electron chi connectivity index (χ2n) is 6.75. The Labute approximate surface area is 154 Å². The van der Waals surface area contributed by atoms with Crippen molar-refractivity contribution in [1.29, 1.82) is 0 Å². The van der Waals surface area contributed by atoms with Crippen LogP contribution >= 0.6 is 0 Å². The topological polar surface area (TPSA) is 64.6 Å². The van der Waals surface area contributed by atoms with Gasteiger partial charge in [-0.05, 0) is 17.2 Å². The molecule has 2 heterocycles. The highest BCUT2D eigenvalue weighted by molar-refractivity contribution is 7.87. The average Bonchev–Trinajstić information content (AvgIpc) is 3.26. The number of nitrogens with one attached hydrogen (secondary N) is 1. The van der Waals surface area contributed by atoms with Crippen molar-refractivity contribution >= 4 is 15.8 Å². The minimum atomic E-state index is -3.75. The number of benzene rings is 2. The third kappa shape index (κ3) is 2.81. The van der Waals surface area contributed by atoms with E-state index < -0.39 is 15.5 Å². The van der Waals surface area contributed by atoms with E-state index in [1.807, 2.05) is 42.5 Å². The number of nitrogens with zero attached hydrogens (tertiary/aromatic N) is 1. The molecular weight excluding hydrogens is 352 g/mol. The average molecular weight is 375 g/mol. The zero-order chi connectivity index (χ0) is 18.2. The number of quaternary nitrogens is 1. The quantitative estimate of drug-likeness (QED) is 0.643. The largest absolute Gasteiger partial charge is 0.439 e. The minimum Gasteiger partial charge on any atom is -0.439 e. The van der Waals surface area contributed by atoms with Crippen molar-refractivity contribution < 1.29 is 17.4 Å². The molecule has 6 nitrogen and oxygen atoms in total. The van der Waals surface area contributed by atoms with Crippen LogP contribution in [0.25, 0.3) is 11.1 Å². The fraction of sp³-hybridized carbons (Fsp3) is 0.368. The van der Waals surface area contributed by atoms with Gasteiger partial charge >= 0.3 is 10.1 Å². The highest BCUT2D eigenvalue weighted by Crippen LogP contribution is 2.48. The van der Waals surface area contributed by atoms with E-state index >= 15 is 0 Å². The molecule has 0 amide bonds. The van der Waals surface area contributed by atoms with Crippen LogP contribution in [0, 0.1) is 0 Å². The Morgan fingerprint density at radius 2 is 2.00 bits per heavy atom. The Balaban J connectivity index is 1.76. The molecule has 2 aromatic rings. The van der Waals surface area contributed by atoms with E-state index in [4.69, 9.17) is 9.02 Å². The van der Waals surface area contributed by atoms with Gasteiger partial charge in [0.25, 0.3) is 0 Å². The molecule has 2 unspecified atom stereocenters. The lowest BCUT2D eigenvalue weighted by molar-refractivity contribution is 0.160. The van der Waals surface area contributed by atoms with Gasteiger partial charge in [0, 0.05) is 25.5 Å². The summed E-state index contributed by atoms with van der Waals surface area (Å²) in [6.07, 6.45) is 1.38. The fourth-order valence-electron chi connectivity index (χ4n) is 4.00. The standard InChI is InChI=1S/C19H23N2O4S/c1-2-20-25-26(22,23)19-9-6-12-21(19)14-24-18-11-10-16(13-17(18)21)15-7-4-3-5-8-15/h3-5,7-8,10-11,13,19-20H,2,6,9,12,14H2,1H3/q+1.